The minimum absolute atomic E-state index is 0.0188. The molecule has 1 N–H and O–H groups in total. The van der Waals surface area contributed by atoms with Gasteiger partial charge in [0.15, 0.2) is 0 Å². The second-order valence-corrected chi connectivity index (χ2v) is 6.30. The highest BCUT2D eigenvalue weighted by molar-refractivity contribution is 5.94. The van der Waals surface area contributed by atoms with E-state index in [1.165, 1.54) is 0 Å². The second kappa shape index (κ2) is 8.11. The molecule has 2 rings (SSSR count). The molecule has 1 aromatic carbocycles. The highest BCUT2D eigenvalue weighted by atomic mass is 16.4. The van der Waals surface area contributed by atoms with E-state index < -0.39 is 5.97 Å². The lowest BCUT2D eigenvalue weighted by atomic mass is 9.91. The van der Waals surface area contributed by atoms with Crippen LogP contribution in [0.4, 0.5) is 0 Å². The van der Waals surface area contributed by atoms with Crippen LogP contribution in [0.1, 0.15) is 48.0 Å². The van der Waals surface area contributed by atoms with Crippen molar-refractivity contribution in [1.29, 1.82) is 0 Å². The maximum absolute atomic E-state index is 12.5. The largest absolute Gasteiger partial charge is 0.481 e. The van der Waals surface area contributed by atoms with Gasteiger partial charge in [-0.05, 0) is 37.1 Å². The van der Waals surface area contributed by atoms with E-state index in [1.807, 2.05) is 29.2 Å². The lowest BCUT2D eigenvalue weighted by Gasteiger charge is -2.32. The molecule has 1 heterocycles. The molecule has 1 amide bonds. The van der Waals surface area contributed by atoms with Gasteiger partial charge in [0.1, 0.15) is 0 Å². The fraction of sp³-hybridized carbons (Fsp3) is 0.556. The number of carbonyl (C=O) groups excluding carboxylic acids is 1. The first-order valence-corrected chi connectivity index (χ1v) is 8.30. The average Bonchev–Trinajstić information content (AvgIpc) is 2.54. The molecule has 0 radical (unpaired) electrons. The van der Waals surface area contributed by atoms with E-state index >= 15 is 0 Å². The number of nitrogens with zero attached hydrogens (tertiary/aromatic N) is 2. The van der Waals surface area contributed by atoms with Crippen molar-refractivity contribution in [2.45, 2.75) is 32.1 Å². The van der Waals surface area contributed by atoms with E-state index in [0.717, 1.165) is 44.6 Å². The Morgan fingerprint density at radius 3 is 2.26 bits per heavy atom. The summed E-state index contributed by atoms with van der Waals surface area (Å²) in [4.78, 5) is 27.6. The van der Waals surface area contributed by atoms with Gasteiger partial charge in [0.2, 0.25) is 0 Å². The number of aliphatic carboxylic acids is 1. The van der Waals surface area contributed by atoms with Crippen molar-refractivity contribution in [2.24, 2.45) is 0 Å². The molecule has 126 valence electrons. The van der Waals surface area contributed by atoms with Crippen LogP contribution >= 0.6 is 0 Å². The Bertz CT molecular complexity index is 534. The van der Waals surface area contributed by atoms with Gasteiger partial charge in [0.25, 0.3) is 5.91 Å². The van der Waals surface area contributed by atoms with Crippen LogP contribution in [0.15, 0.2) is 24.3 Å². The first kappa shape index (κ1) is 17.5. The number of benzene rings is 1. The topological polar surface area (TPSA) is 60.9 Å². The van der Waals surface area contributed by atoms with Crippen molar-refractivity contribution in [3.05, 3.63) is 35.4 Å². The number of piperazine rings is 1. The van der Waals surface area contributed by atoms with E-state index in [2.05, 4.69) is 18.9 Å². The summed E-state index contributed by atoms with van der Waals surface area (Å²) < 4.78 is 0. The van der Waals surface area contributed by atoms with Crippen molar-refractivity contribution in [3.63, 3.8) is 0 Å². The molecule has 0 aliphatic carbocycles. The summed E-state index contributed by atoms with van der Waals surface area (Å²) in [5.41, 5.74) is 1.69. The number of carboxylic acid groups (broad SMARTS) is 1. The van der Waals surface area contributed by atoms with Crippen LogP contribution in [-0.2, 0) is 4.79 Å². The van der Waals surface area contributed by atoms with Gasteiger partial charge >= 0.3 is 5.97 Å². The number of amides is 1. The molecule has 23 heavy (non-hydrogen) atoms. The van der Waals surface area contributed by atoms with Gasteiger partial charge in [0, 0.05) is 31.7 Å². The molecular formula is C18H26N2O3. The van der Waals surface area contributed by atoms with Crippen LogP contribution in [0, 0.1) is 0 Å². The van der Waals surface area contributed by atoms with Crippen LogP contribution in [0.2, 0.25) is 0 Å². The van der Waals surface area contributed by atoms with Gasteiger partial charge in [-0.25, -0.2) is 0 Å². The summed E-state index contributed by atoms with van der Waals surface area (Å²) in [6.45, 7) is 5.38. The van der Waals surface area contributed by atoms with E-state index in [4.69, 9.17) is 5.11 Å². The molecule has 1 aliphatic rings. The van der Waals surface area contributed by atoms with Gasteiger partial charge in [-0.15, -0.1) is 0 Å². The molecule has 1 fully saturated rings. The zero-order valence-electron chi connectivity index (χ0n) is 14.0. The summed E-state index contributed by atoms with van der Waals surface area (Å²) in [5.74, 6) is -0.693. The van der Waals surface area contributed by atoms with E-state index in [9.17, 15) is 9.59 Å². The van der Waals surface area contributed by atoms with Crippen molar-refractivity contribution < 1.29 is 14.7 Å². The summed E-state index contributed by atoms with van der Waals surface area (Å²) in [6.07, 6.45) is 1.93. The fourth-order valence-electron chi connectivity index (χ4n) is 3.04. The molecule has 5 heteroatoms. The average molecular weight is 318 g/mol. The first-order chi connectivity index (χ1) is 11.0. The molecule has 5 nitrogen and oxygen atoms in total. The van der Waals surface area contributed by atoms with Crippen molar-refractivity contribution in [3.8, 4) is 0 Å². The summed E-state index contributed by atoms with van der Waals surface area (Å²) in [7, 11) is 2.06. The van der Waals surface area contributed by atoms with Gasteiger partial charge in [-0.3, -0.25) is 9.59 Å². The predicted octanol–water partition coefficient (Wildman–Crippen LogP) is 2.43. The Kier molecular flexibility index (Phi) is 6.16. The molecule has 0 saturated carbocycles. The minimum atomic E-state index is -0.777. The van der Waals surface area contributed by atoms with Gasteiger partial charge in [-0.2, -0.15) is 0 Å². The van der Waals surface area contributed by atoms with Crippen molar-refractivity contribution in [2.75, 3.05) is 33.2 Å². The van der Waals surface area contributed by atoms with Gasteiger partial charge < -0.3 is 14.9 Å². The first-order valence-electron chi connectivity index (χ1n) is 8.30. The molecule has 1 aromatic rings. The van der Waals surface area contributed by atoms with Gasteiger partial charge in [-0.1, -0.05) is 25.5 Å². The highest BCUT2D eigenvalue weighted by Crippen LogP contribution is 2.25. The SMILES string of the molecule is CCCC(CC(=O)O)c1ccc(C(=O)N2CCN(C)CC2)cc1. The van der Waals surface area contributed by atoms with E-state index in [0.29, 0.717) is 5.56 Å². The molecule has 1 aliphatic heterocycles. The van der Waals surface area contributed by atoms with Crippen LogP contribution in [0.5, 0.6) is 0 Å². The Hall–Kier alpha value is -1.88. The molecule has 1 saturated heterocycles. The predicted molar refractivity (Wildman–Crippen MR) is 89.7 cm³/mol. The third kappa shape index (κ3) is 4.79. The number of rotatable bonds is 6. The molecule has 0 spiro atoms. The smallest absolute Gasteiger partial charge is 0.303 e. The van der Waals surface area contributed by atoms with Crippen LogP contribution in [-0.4, -0.2) is 60.0 Å². The summed E-state index contributed by atoms with van der Waals surface area (Å²) in [5, 5.41) is 9.04. The highest BCUT2D eigenvalue weighted by Gasteiger charge is 2.21. The van der Waals surface area contributed by atoms with Crippen LogP contribution in [0.25, 0.3) is 0 Å². The zero-order chi connectivity index (χ0) is 16.8. The van der Waals surface area contributed by atoms with Gasteiger partial charge in [0.05, 0.1) is 6.42 Å². The zero-order valence-corrected chi connectivity index (χ0v) is 14.0. The molecule has 0 aromatic heterocycles. The lowest BCUT2D eigenvalue weighted by molar-refractivity contribution is -0.137. The molecule has 1 atom stereocenters. The number of carboxylic acids is 1. The van der Waals surface area contributed by atoms with Crippen molar-refractivity contribution >= 4 is 11.9 Å². The summed E-state index contributed by atoms with van der Waals surface area (Å²) in [6, 6.07) is 7.49. The lowest BCUT2D eigenvalue weighted by Crippen LogP contribution is -2.47. The molecule has 1 unspecified atom stereocenters. The molecular weight excluding hydrogens is 292 g/mol. The maximum Gasteiger partial charge on any atom is 0.303 e. The van der Waals surface area contributed by atoms with E-state index in [1.54, 1.807) is 0 Å². The van der Waals surface area contributed by atoms with Crippen LogP contribution < -0.4 is 0 Å². The Labute approximate surface area is 137 Å². The monoisotopic (exact) mass is 318 g/mol. The number of carbonyl (C=O) groups is 2. The minimum Gasteiger partial charge on any atom is -0.481 e. The van der Waals surface area contributed by atoms with Crippen LogP contribution in [0.3, 0.4) is 0 Å². The number of likely N-dealkylation sites (N-methyl/N-ethyl adjacent to an activating group) is 1. The third-order valence-electron chi connectivity index (χ3n) is 4.48. The normalized spacial score (nSPS) is 17.0. The van der Waals surface area contributed by atoms with E-state index in [-0.39, 0.29) is 18.2 Å². The second-order valence-electron chi connectivity index (χ2n) is 6.30. The Morgan fingerprint density at radius 1 is 1.13 bits per heavy atom. The summed E-state index contributed by atoms with van der Waals surface area (Å²) >= 11 is 0. The Balaban J connectivity index is 2.05. The maximum atomic E-state index is 12.5. The fourth-order valence-corrected chi connectivity index (χ4v) is 3.04. The van der Waals surface area contributed by atoms with Crippen molar-refractivity contribution in [1.82, 2.24) is 9.80 Å². The standard InChI is InChI=1S/C18H26N2O3/c1-3-4-16(13-17(21)22)14-5-7-15(8-6-14)18(23)20-11-9-19(2)10-12-20/h5-8,16H,3-4,9-13H2,1-2H3,(H,21,22). The number of hydrogen-bond donors (Lipinski definition) is 1. The Morgan fingerprint density at radius 2 is 1.74 bits per heavy atom. The quantitative estimate of drug-likeness (QED) is 0.875. The molecule has 0 bridgehead atoms. The third-order valence-corrected chi connectivity index (χ3v) is 4.48. The number of hydrogen-bond acceptors (Lipinski definition) is 3.